The first-order chi connectivity index (χ1) is 8.35. The highest BCUT2D eigenvalue weighted by Gasteiger charge is 2.05. The lowest BCUT2D eigenvalue weighted by Crippen LogP contribution is -2.04. The fourth-order valence-electron chi connectivity index (χ4n) is 1.78. The summed E-state index contributed by atoms with van der Waals surface area (Å²) in [5.74, 6) is 0. The fourth-order valence-corrected chi connectivity index (χ4v) is 1.78. The van der Waals surface area contributed by atoms with Crippen molar-refractivity contribution in [3.05, 3.63) is 36.0 Å². The molecule has 4 heteroatoms. The van der Waals surface area contributed by atoms with Gasteiger partial charge in [-0.3, -0.25) is 0 Å². The van der Waals surface area contributed by atoms with E-state index in [-0.39, 0.29) is 6.61 Å². The highest BCUT2D eigenvalue weighted by atomic mass is 16.3. The van der Waals surface area contributed by atoms with Crippen LogP contribution in [0.1, 0.15) is 18.9 Å². The van der Waals surface area contributed by atoms with Crippen LogP contribution in [-0.2, 0) is 13.0 Å². The maximum Gasteiger partial charge on any atom is 0.0885 e. The predicted octanol–water partition coefficient (Wildman–Crippen LogP) is 1.89. The summed E-state index contributed by atoms with van der Waals surface area (Å²) in [7, 11) is 0. The minimum Gasteiger partial charge on any atom is -0.396 e. The molecule has 90 valence electrons. The Morgan fingerprint density at radius 2 is 2.00 bits per heavy atom. The molecule has 0 saturated carbocycles. The van der Waals surface area contributed by atoms with Crippen LogP contribution in [0.15, 0.2) is 30.5 Å². The Kier molecular flexibility index (Phi) is 3.88. The highest BCUT2D eigenvalue weighted by molar-refractivity contribution is 5.58. The van der Waals surface area contributed by atoms with Crippen LogP contribution in [0, 0.1) is 0 Å². The number of hydrogen-bond donors (Lipinski definition) is 1. The largest absolute Gasteiger partial charge is 0.396 e. The molecule has 0 aliphatic rings. The van der Waals surface area contributed by atoms with Gasteiger partial charge in [0.2, 0.25) is 0 Å². The van der Waals surface area contributed by atoms with Crippen LogP contribution in [0.25, 0.3) is 11.3 Å². The molecule has 1 heterocycles. The van der Waals surface area contributed by atoms with E-state index in [4.69, 9.17) is 5.11 Å². The van der Waals surface area contributed by atoms with Crippen LogP contribution in [-0.4, -0.2) is 26.7 Å². The molecule has 0 aliphatic heterocycles. The molecule has 17 heavy (non-hydrogen) atoms. The minimum absolute atomic E-state index is 0.175. The van der Waals surface area contributed by atoms with Crippen LogP contribution in [0.2, 0.25) is 0 Å². The van der Waals surface area contributed by atoms with Gasteiger partial charge in [-0.15, -0.1) is 5.10 Å². The third-order valence-electron chi connectivity index (χ3n) is 2.80. The standard InChI is InChI=1S/C13H17N3O/c1-2-11-4-6-12(7-5-11)13-10-14-15-16(13)8-3-9-17/h4-7,10,17H,2-3,8-9H2,1H3. The zero-order valence-corrected chi connectivity index (χ0v) is 10.0. The lowest BCUT2D eigenvalue weighted by atomic mass is 10.1. The molecule has 0 bridgehead atoms. The summed E-state index contributed by atoms with van der Waals surface area (Å²) >= 11 is 0. The molecule has 2 rings (SSSR count). The Bertz CT molecular complexity index is 462. The lowest BCUT2D eigenvalue weighted by Gasteiger charge is -2.05. The lowest BCUT2D eigenvalue weighted by molar-refractivity contribution is 0.276. The Labute approximate surface area is 101 Å². The number of aryl methyl sites for hydroxylation is 2. The molecule has 0 aliphatic carbocycles. The minimum atomic E-state index is 0.175. The second kappa shape index (κ2) is 5.59. The van der Waals surface area contributed by atoms with Gasteiger partial charge in [0.25, 0.3) is 0 Å². The van der Waals surface area contributed by atoms with Crippen molar-refractivity contribution in [2.75, 3.05) is 6.61 Å². The maximum atomic E-state index is 8.83. The Balaban J connectivity index is 2.23. The topological polar surface area (TPSA) is 50.9 Å². The molecule has 4 nitrogen and oxygen atoms in total. The molecule has 0 spiro atoms. The molecule has 1 aromatic heterocycles. The van der Waals surface area contributed by atoms with Gasteiger partial charge in [-0.05, 0) is 18.4 Å². The van der Waals surface area contributed by atoms with Crippen molar-refractivity contribution in [2.45, 2.75) is 26.3 Å². The molecule has 0 radical (unpaired) electrons. The summed E-state index contributed by atoms with van der Waals surface area (Å²) in [5, 5.41) is 16.8. The smallest absolute Gasteiger partial charge is 0.0885 e. The number of rotatable bonds is 5. The Hall–Kier alpha value is -1.68. The van der Waals surface area contributed by atoms with Gasteiger partial charge in [0.15, 0.2) is 0 Å². The van der Waals surface area contributed by atoms with Crippen LogP contribution < -0.4 is 0 Å². The summed E-state index contributed by atoms with van der Waals surface area (Å²) in [5.41, 5.74) is 3.44. The van der Waals surface area contributed by atoms with Crippen molar-refractivity contribution in [3.8, 4) is 11.3 Å². The maximum absolute atomic E-state index is 8.83. The molecule has 0 saturated heterocycles. The van der Waals surface area contributed by atoms with Gasteiger partial charge >= 0.3 is 0 Å². The summed E-state index contributed by atoms with van der Waals surface area (Å²) in [6, 6.07) is 8.43. The van der Waals surface area contributed by atoms with E-state index in [2.05, 4.69) is 41.5 Å². The molecule has 0 atom stereocenters. The Morgan fingerprint density at radius 3 is 2.65 bits per heavy atom. The van der Waals surface area contributed by atoms with Gasteiger partial charge < -0.3 is 5.11 Å². The second-order valence-electron chi connectivity index (χ2n) is 3.97. The highest BCUT2D eigenvalue weighted by Crippen LogP contribution is 2.18. The number of hydrogen-bond acceptors (Lipinski definition) is 3. The first-order valence-corrected chi connectivity index (χ1v) is 5.93. The summed E-state index contributed by atoms with van der Waals surface area (Å²) in [4.78, 5) is 0. The quantitative estimate of drug-likeness (QED) is 0.855. The van der Waals surface area contributed by atoms with Gasteiger partial charge in [-0.1, -0.05) is 36.4 Å². The van der Waals surface area contributed by atoms with Gasteiger partial charge in [-0.2, -0.15) is 0 Å². The van der Waals surface area contributed by atoms with E-state index >= 15 is 0 Å². The first kappa shape index (κ1) is 11.8. The SMILES string of the molecule is CCc1ccc(-c2cnnn2CCCO)cc1. The summed E-state index contributed by atoms with van der Waals surface area (Å²) < 4.78 is 1.83. The predicted molar refractivity (Wildman–Crippen MR) is 66.5 cm³/mol. The van der Waals surface area contributed by atoms with Crippen molar-refractivity contribution in [1.82, 2.24) is 15.0 Å². The Morgan fingerprint density at radius 1 is 1.24 bits per heavy atom. The zero-order chi connectivity index (χ0) is 12.1. The van der Waals surface area contributed by atoms with E-state index in [9.17, 15) is 0 Å². The van der Waals surface area contributed by atoms with E-state index in [0.29, 0.717) is 13.0 Å². The monoisotopic (exact) mass is 231 g/mol. The van der Waals surface area contributed by atoms with Gasteiger partial charge in [0.05, 0.1) is 11.9 Å². The second-order valence-corrected chi connectivity index (χ2v) is 3.97. The molecule has 1 N–H and O–H groups in total. The van der Waals surface area contributed by atoms with E-state index < -0.39 is 0 Å². The van der Waals surface area contributed by atoms with E-state index in [0.717, 1.165) is 17.7 Å². The van der Waals surface area contributed by atoms with Crippen molar-refractivity contribution < 1.29 is 5.11 Å². The van der Waals surface area contributed by atoms with Crippen molar-refractivity contribution >= 4 is 0 Å². The van der Waals surface area contributed by atoms with Gasteiger partial charge in [0.1, 0.15) is 0 Å². The van der Waals surface area contributed by atoms with Crippen LogP contribution in [0.4, 0.5) is 0 Å². The number of nitrogens with zero attached hydrogens (tertiary/aromatic N) is 3. The van der Waals surface area contributed by atoms with Crippen molar-refractivity contribution in [2.24, 2.45) is 0 Å². The number of aromatic nitrogens is 3. The molecular weight excluding hydrogens is 214 g/mol. The number of aliphatic hydroxyl groups excluding tert-OH is 1. The first-order valence-electron chi connectivity index (χ1n) is 5.93. The van der Waals surface area contributed by atoms with Gasteiger partial charge in [-0.25, -0.2) is 4.68 Å². The van der Waals surface area contributed by atoms with E-state index in [1.54, 1.807) is 6.20 Å². The van der Waals surface area contributed by atoms with E-state index in [1.165, 1.54) is 5.56 Å². The molecule has 0 amide bonds. The molecular formula is C13H17N3O. The third kappa shape index (κ3) is 2.71. The van der Waals surface area contributed by atoms with Crippen LogP contribution in [0.3, 0.4) is 0 Å². The average Bonchev–Trinajstić information content (AvgIpc) is 2.84. The third-order valence-corrected chi connectivity index (χ3v) is 2.80. The van der Waals surface area contributed by atoms with Crippen molar-refractivity contribution in [3.63, 3.8) is 0 Å². The number of benzene rings is 1. The van der Waals surface area contributed by atoms with Gasteiger partial charge in [0, 0.05) is 18.7 Å². The molecule has 0 fully saturated rings. The number of aliphatic hydroxyl groups is 1. The summed E-state index contributed by atoms with van der Waals surface area (Å²) in [6.07, 6.45) is 3.50. The molecule has 0 unspecified atom stereocenters. The van der Waals surface area contributed by atoms with E-state index in [1.807, 2.05) is 4.68 Å². The van der Waals surface area contributed by atoms with Crippen LogP contribution in [0.5, 0.6) is 0 Å². The average molecular weight is 231 g/mol. The zero-order valence-electron chi connectivity index (χ0n) is 10.0. The normalized spacial score (nSPS) is 10.7. The molecule has 1 aromatic carbocycles. The van der Waals surface area contributed by atoms with Crippen LogP contribution >= 0.6 is 0 Å². The van der Waals surface area contributed by atoms with Crippen molar-refractivity contribution in [1.29, 1.82) is 0 Å². The summed E-state index contributed by atoms with van der Waals surface area (Å²) in [6.45, 7) is 3.01. The molecule has 2 aromatic rings. The fraction of sp³-hybridized carbons (Fsp3) is 0.385.